The molecule has 0 spiro atoms. The van der Waals surface area contributed by atoms with Crippen LogP contribution in [-0.2, 0) is 10.0 Å². The van der Waals surface area contributed by atoms with Gasteiger partial charge in [-0.25, -0.2) is 18.1 Å². The lowest BCUT2D eigenvalue weighted by atomic mass is 9.93. The molecule has 0 aromatic carbocycles. The van der Waals surface area contributed by atoms with Gasteiger partial charge in [0.05, 0.1) is 12.5 Å². The summed E-state index contributed by atoms with van der Waals surface area (Å²) in [6, 6.07) is 0. The Kier molecular flexibility index (Phi) is 3.51. The lowest BCUT2D eigenvalue weighted by Gasteiger charge is -2.17. The zero-order valence-electron chi connectivity index (χ0n) is 9.24. The second-order valence-corrected chi connectivity index (χ2v) is 6.36. The van der Waals surface area contributed by atoms with E-state index in [4.69, 9.17) is 0 Å². The van der Waals surface area contributed by atoms with Gasteiger partial charge < -0.3 is 4.98 Å². The molecule has 6 heteroatoms. The SMILES string of the molecule is CC(C)(C)CCNS(=O)(=O)c1cnc[nH]1. The van der Waals surface area contributed by atoms with Gasteiger partial charge >= 0.3 is 0 Å². The van der Waals surface area contributed by atoms with E-state index in [2.05, 4.69) is 35.5 Å². The van der Waals surface area contributed by atoms with Gasteiger partial charge in [-0.3, -0.25) is 0 Å². The van der Waals surface area contributed by atoms with Gasteiger partial charge in [0.1, 0.15) is 0 Å². The lowest BCUT2D eigenvalue weighted by molar-refractivity contribution is 0.378. The zero-order chi connectivity index (χ0) is 11.5. The molecule has 2 N–H and O–H groups in total. The first-order valence-corrected chi connectivity index (χ1v) is 6.28. The summed E-state index contributed by atoms with van der Waals surface area (Å²) in [5.74, 6) is 0. The molecule has 0 atom stereocenters. The van der Waals surface area contributed by atoms with E-state index in [1.807, 2.05) is 0 Å². The first-order chi connectivity index (χ1) is 6.81. The Morgan fingerprint density at radius 3 is 2.60 bits per heavy atom. The molecule has 5 nitrogen and oxygen atoms in total. The Labute approximate surface area is 90.4 Å². The van der Waals surface area contributed by atoms with Crippen molar-refractivity contribution < 1.29 is 8.42 Å². The number of imidazole rings is 1. The van der Waals surface area contributed by atoms with Crippen molar-refractivity contribution in [3.8, 4) is 0 Å². The van der Waals surface area contributed by atoms with Gasteiger partial charge in [-0.1, -0.05) is 20.8 Å². The number of rotatable bonds is 4. The van der Waals surface area contributed by atoms with Crippen molar-refractivity contribution in [3.05, 3.63) is 12.5 Å². The third-order valence-corrected chi connectivity index (χ3v) is 3.32. The molecule has 15 heavy (non-hydrogen) atoms. The van der Waals surface area contributed by atoms with E-state index < -0.39 is 10.0 Å². The number of sulfonamides is 1. The van der Waals surface area contributed by atoms with E-state index in [0.29, 0.717) is 6.54 Å². The van der Waals surface area contributed by atoms with Crippen LogP contribution in [-0.4, -0.2) is 24.9 Å². The highest BCUT2D eigenvalue weighted by Gasteiger charge is 2.16. The third kappa shape index (κ3) is 4.01. The second-order valence-electron chi connectivity index (χ2n) is 4.62. The highest BCUT2D eigenvalue weighted by molar-refractivity contribution is 7.89. The van der Waals surface area contributed by atoms with Crippen LogP contribution in [0.4, 0.5) is 0 Å². The van der Waals surface area contributed by atoms with Crippen LogP contribution in [0.1, 0.15) is 27.2 Å². The standard InChI is InChI=1S/C9H17N3O2S/c1-9(2,3)4-5-12-15(13,14)8-6-10-7-11-8/h6-7,12H,4-5H2,1-3H3,(H,10,11). The Hall–Kier alpha value is -0.880. The molecule has 1 heterocycles. The summed E-state index contributed by atoms with van der Waals surface area (Å²) in [4.78, 5) is 6.23. The van der Waals surface area contributed by atoms with Crippen LogP contribution in [0, 0.1) is 5.41 Å². The smallest absolute Gasteiger partial charge is 0.257 e. The van der Waals surface area contributed by atoms with Crippen molar-refractivity contribution in [2.45, 2.75) is 32.2 Å². The number of hydrogen-bond acceptors (Lipinski definition) is 3. The maximum atomic E-state index is 11.6. The van der Waals surface area contributed by atoms with Gasteiger partial charge in [-0.15, -0.1) is 0 Å². The van der Waals surface area contributed by atoms with Crippen molar-refractivity contribution in [3.63, 3.8) is 0 Å². The molecule has 0 unspecified atom stereocenters. The number of hydrogen-bond donors (Lipinski definition) is 2. The van der Waals surface area contributed by atoms with Gasteiger partial charge in [-0.2, -0.15) is 0 Å². The average molecular weight is 231 g/mol. The van der Waals surface area contributed by atoms with Gasteiger partial charge in [0, 0.05) is 6.54 Å². The van der Waals surface area contributed by atoms with Crippen molar-refractivity contribution in [1.82, 2.24) is 14.7 Å². The van der Waals surface area contributed by atoms with Crippen LogP contribution in [0.3, 0.4) is 0 Å². The Bertz CT molecular complexity index is 389. The van der Waals surface area contributed by atoms with Gasteiger partial charge in [0.15, 0.2) is 5.03 Å². The molecule has 1 rings (SSSR count). The Morgan fingerprint density at radius 1 is 1.47 bits per heavy atom. The van der Waals surface area contributed by atoms with Gasteiger partial charge in [-0.05, 0) is 11.8 Å². The highest BCUT2D eigenvalue weighted by Crippen LogP contribution is 2.17. The number of H-pyrrole nitrogens is 1. The van der Waals surface area contributed by atoms with E-state index in [9.17, 15) is 8.42 Å². The van der Waals surface area contributed by atoms with Crippen molar-refractivity contribution in [1.29, 1.82) is 0 Å². The zero-order valence-corrected chi connectivity index (χ0v) is 10.1. The first-order valence-electron chi connectivity index (χ1n) is 4.79. The molecule has 0 radical (unpaired) electrons. The summed E-state index contributed by atoms with van der Waals surface area (Å²) >= 11 is 0. The predicted octanol–water partition coefficient (Wildman–Crippen LogP) is 1.12. The summed E-state index contributed by atoms with van der Waals surface area (Å²) in [5, 5.41) is 0.108. The van der Waals surface area contributed by atoms with Gasteiger partial charge in [0.2, 0.25) is 0 Å². The van der Waals surface area contributed by atoms with E-state index in [1.54, 1.807) is 0 Å². The maximum Gasteiger partial charge on any atom is 0.257 e. The summed E-state index contributed by atoms with van der Waals surface area (Å²) in [6.07, 6.45) is 3.43. The molecule has 0 saturated heterocycles. The topological polar surface area (TPSA) is 74.8 Å². The largest absolute Gasteiger partial charge is 0.335 e. The van der Waals surface area contributed by atoms with Crippen LogP contribution in [0.5, 0.6) is 0 Å². The molecule has 0 aliphatic carbocycles. The Morgan fingerprint density at radius 2 is 2.13 bits per heavy atom. The fraction of sp³-hybridized carbons (Fsp3) is 0.667. The van der Waals surface area contributed by atoms with E-state index in [1.165, 1.54) is 12.5 Å². The van der Waals surface area contributed by atoms with Crippen LogP contribution in [0.2, 0.25) is 0 Å². The highest BCUT2D eigenvalue weighted by atomic mass is 32.2. The molecule has 0 saturated carbocycles. The summed E-state index contributed by atoms with van der Waals surface area (Å²) in [7, 11) is -3.41. The summed E-state index contributed by atoms with van der Waals surface area (Å²) < 4.78 is 25.7. The predicted molar refractivity (Wildman–Crippen MR) is 57.8 cm³/mol. The molecule has 0 aliphatic rings. The molecule has 0 aliphatic heterocycles. The number of nitrogens with zero attached hydrogens (tertiary/aromatic N) is 1. The summed E-state index contributed by atoms with van der Waals surface area (Å²) in [5.41, 5.74) is 0.122. The van der Waals surface area contributed by atoms with E-state index in [-0.39, 0.29) is 10.4 Å². The normalized spacial score (nSPS) is 13.0. The molecule has 1 aromatic heterocycles. The fourth-order valence-corrected chi connectivity index (χ4v) is 1.96. The number of nitrogens with one attached hydrogen (secondary N) is 2. The molecule has 86 valence electrons. The molecule has 0 fully saturated rings. The van der Waals surface area contributed by atoms with Gasteiger partial charge in [0.25, 0.3) is 10.0 Å². The van der Waals surface area contributed by atoms with Crippen molar-refractivity contribution in [2.24, 2.45) is 5.41 Å². The fourth-order valence-electron chi connectivity index (χ4n) is 1.03. The molecular weight excluding hydrogens is 214 g/mol. The quantitative estimate of drug-likeness (QED) is 0.815. The average Bonchev–Trinajstić information content (AvgIpc) is 2.52. The Balaban J connectivity index is 2.53. The van der Waals surface area contributed by atoms with Crippen LogP contribution < -0.4 is 4.72 Å². The van der Waals surface area contributed by atoms with E-state index in [0.717, 1.165) is 6.42 Å². The number of aromatic nitrogens is 2. The molecule has 1 aromatic rings. The van der Waals surface area contributed by atoms with E-state index >= 15 is 0 Å². The molecular formula is C9H17N3O2S. The second kappa shape index (κ2) is 4.32. The molecule has 0 bridgehead atoms. The van der Waals surface area contributed by atoms with Crippen LogP contribution >= 0.6 is 0 Å². The minimum atomic E-state index is -3.41. The van der Waals surface area contributed by atoms with Crippen molar-refractivity contribution in [2.75, 3.05) is 6.54 Å². The number of aromatic amines is 1. The first kappa shape index (κ1) is 12.2. The van der Waals surface area contributed by atoms with Crippen molar-refractivity contribution >= 4 is 10.0 Å². The maximum absolute atomic E-state index is 11.6. The third-order valence-electron chi connectivity index (χ3n) is 1.93. The summed E-state index contributed by atoms with van der Waals surface area (Å²) in [6.45, 7) is 6.64. The molecule has 0 amide bonds. The lowest BCUT2D eigenvalue weighted by Crippen LogP contribution is -2.27. The van der Waals surface area contributed by atoms with Crippen LogP contribution in [0.15, 0.2) is 17.6 Å². The minimum Gasteiger partial charge on any atom is -0.335 e. The minimum absolute atomic E-state index is 0.108. The monoisotopic (exact) mass is 231 g/mol. The van der Waals surface area contributed by atoms with Crippen LogP contribution in [0.25, 0.3) is 0 Å².